The van der Waals surface area contributed by atoms with E-state index in [-0.39, 0.29) is 33.0 Å². The van der Waals surface area contributed by atoms with Gasteiger partial charge in [0.25, 0.3) is 0 Å². The van der Waals surface area contributed by atoms with Crippen molar-refractivity contribution in [2.45, 2.75) is 203 Å². The minimum Gasteiger partial charge on any atom is -0.374 e. The summed E-state index contributed by atoms with van der Waals surface area (Å²) in [6.07, 6.45) is -10.1. The lowest BCUT2D eigenvalue weighted by atomic mass is 9.97. The van der Waals surface area contributed by atoms with E-state index in [2.05, 4.69) is 22.6 Å². The van der Waals surface area contributed by atoms with Gasteiger partial charge in [0.05, 0.1) is 44.1 Å². The van der Waals surface area contributed by atoms with Gasteiger partial charge in [0, 0.05) is 0 Å². The molecular weight excluding hydrogens is 1050 g/mol. The number of hydrogen-bond acceptors (Lipinski definition) is 17. The van der Waals surface area contributed by atoms with Crippen LogP contribution in [0, 0.1) is 0 Å². The van der Waals surface area contributed by atoms with E-state index in [1.54, 1.807) is 0 Å². The van der Waals surface area contributed by atoms with E-state index in [0.29, 0.717) is 11.0 Å². The van der Waals surface area contributed by atoms with Gasteiger partial charge in [-0.15, -0.1) is 0 Å². The maximum absolute atomic E-state index is 7.31. The molecule has 17 nitrogen and oxygen atoms in total. The normalized spacial score (nSPS) is 37.8. The molecule has 7 saturated heterocycles. The van der Waals surface area contributed by atoms with Gasteiger partial charge in [-0.25, -0.2) is 0 Å². The Hall–Kier alpha value is -2.29. The molecule has 0 radical (unpaired) electrons. The van der Waals surface area contributed by atoms with Crippen molar-refractivity contribution in [3.63, 3.8) is 0 Å². The average molecular weight is 1120 g/mol. The Morgan fingerprint density at radius 1 is 0.444 bits per heavy atom. The SMILES string of the molecule is CC1(C)O[C@H]2[C@@H](O1)[C@@H](CO[C@H]1O[C@H](COCc3ccccc3)[C@@H](OCc3ccccc3)[C@H](OCc3ccccc3)[C@H]1OC(C)(CI)OC[C@H]1O[C@@H]3OC(C)(C)O[C@@H]3[C@H]3OC(C)(C)O[C@H]31)O[C@@H]1OC(C)(C)O[C@@H]12. The first kappa shape index (κ1) is 53.1. The molecule has 7 aliphatic heterocycles. The second-order valence-corrected chi connectivity index (χ2v) is 22.2. The molecule has 0 saturated carbocycles. The molecule has 18 heteroatoms. The maximum atomic E-state index is 7.31. The third-order valence-corrected chi connectivity index (χ3v) is 15.0. The van der Waals surface area contributed by atoms with Gasteiger partial charge in [-0.2, -0.15) is 0 Å². The van der Waals surface area contributed by atoms with Crippen LogP contribution in [0.15, 0.2) is 91.0 Å². The largest absolute Gasteiger partial charge is 0.374 e. The smallest absolute Gasteiger partial charge is 0.190 e. The Morgan fingerprint density at radius 2 is 0.875 bits per heavy atom. The van der Waals surface area contributed by atoms with Crippen LogP contribution in [0.1, 0.15) is 79.0 Å². The van der Waals surface area contributed by atoms with Crippen LogP contribution in [0.2, 0.25) is 0 Å². The van der Waals surface area contributed by atoms with Crippen LogP contribution in [0.3, 0.4) is 0 Å². The zero-order valence-corrected chi connectivity index (χ0v) is 44.7. The molecule has 7 heterocycles. The Labute approximate surface area is 436 Å². The van der Waals surface area contributed by atoms with Crippen LogP contribution < -0.4 is 0 Å². The molecule has 0 amide bonds. The second kappa shape index (κ2) is 21.6. The first-order valence-corrected chi connectivity index (χ1v) is 26.7. The molecule has 3 aromatic carbocycles. The van der Waals surface area contributed by atoms with Gasteiger partial charge < -0.3 is 80.5 Å². The van der Waals surface area contributed by atoms with Crippen molar-refractivity contribution in [1.82, 2.24) is 0 Å². The third-order valence-electron chi connectivity index (χ3n) is 13.7. The van der Waals surface area contributed by atoms with Gasteiger partial charge >= 0.3 is 0 Å². The molecule has 0 aliphatic carbocycles. The lowest BCUT2D eigenvalue weighted by Crippen LogP contribution is -2.64. The third kappa shape index (κ3) is 12.3. The molecular formula is C54H71IO17. The zero-order chi connectivity index (χ0) is 50.5. The predicted molar refractivity (Wildman–Crippen MR) is 264 cm³/mol. The summed E-state index contributed by atoms with van der Waals surface area (Å²) in [7, 11) is 0. The van der Waals surface area contributed by atoms with Crippen molar-refractivity contribution in [3.8, 4) is 0 Å². The van der Waals surface area contributed by atoms with Crippen LogP contribution in [0.5, 0.6) is 0 Å². The molecule has 0 N–H and O–H groups in total. The number of ether oxygens (including phenoxy) is 17. The van der Waals surface area contributed by atoms with Crippen molar-refractivity contribution in [2.75, 3.05) is 24.2 Å². The molecule has 1 unspecified atom stereocenters. The number of halogens is 1. The molecule has 16 atom stereocenters. The van der Waals surface area contributed by atoms with E-state index in [4.69, 9.17) is 80.5 Å². The highest BCUT2D eigenvalue weighted by Gasteiger charge is 2.63. The fourth-order valence-corrected chi connectivity index (χ4v) is 11.0. The van der Waals surface area contributed by atoms with Gasteiger partial charge in [0.1, 0.15) is 73.2 Å². The number of benzene rings is 3. The lowest BCUT2D eigenvalue weighted by Gasteiger charge is -2.48. The van der Waals surface area contributed by atoms with Crippen molar-refractivity contribution in [2.24, 2.45) is 0 Å². The van der Waals surface area contributed by atoms with Crippen LogP contribution in [0.25, 0.3) is 0 Å². The van der Waals surface area contributed by atoms with Crippen LogP contribution in [-0.2, 0) is 100 Å². The zero-order valence-electron chi connectivity index (χ0n) is 42.6. The lowest BCUT2D eigenvalue weighted by molar-refractivity contribution is -0.370. The molecule has 0 aromatic heterocycles. The summed E-state index contributed by atoms with van der Waals surface area (Å²) >= 11 is 2.28. The first-order chi connectivity index (χ1) is 34.3. The van der Waals surface area contributed by atoms with E-state index >= 15 is 0 Å². The fraction of sp³-hybridized carbons (Fsp3) is 0.667. The van der Waals surface area contributed by atoms with Gasteiger partial charge in [-0.3, -0.25) is 0 Å². The monoisotopic (exact) mass is 1120 g/mol. The summed E-state index contributed by atoms with van der Waals surface area (Å²) in [4.78, 5) is 0. The summed E-state index contributed by atoms with van der Waals surface area (Å²) < 4.78 is 113. The highest BCUT2D eigenvalue weighted by Crippen LogP contribution is 2.47. The topological polar surface area (TPSA) is 157 Å². The molecule has 7 fully saturated rings. The van der Waals surface area contributed by atoms with E-state index in [0.717, 1.165) is 16.7 Å². The van der Waals surface area contributed by atoms with E-state index in [1.165, 1.54) is 0 Å². The van der Waals surface area contributed by atoms with Crippen LogP contribution >= 0.6 is 22.6 Å². The number of rotatable bonds is 19. The molecule has 72 heavy (non-hydrogen) atoms. The standard InChI is InChI=1S/C54H71IO17/c1-50(2)64-39-36(62-48-45(42(39)66-50)68-52(5,6)71-48)29-59-47-44(70-54(9,31-55)60-30-37-40-43(67-51(3,4)65-40)46-49(63-37)72-53(7,8)69-46)41(58-27-34-23-17-12-18-24-34)38(57-26-33-21-15-11-16-22-33)35(61-47)28-56-25-32-19-13-10-14-20-32/h10-24,35-49H,25-31H2,1-9H3/t35-,36-,37-,38-,39+,40+,41+,42+,43+,44-,45-,46-,47+,48-,49-,54?/m1/s1. The van der Waals surface area contributed by atoms with E-state index in [1.807, 2.05) is 153 Å². The summed E-state index contributed by atoms with van der Waals surface area (Å²) in [5.74, 6) is -4.90. The molecule has 7 aliphatic rings. The highest BCUT2D eigenvalue weighted by molar-refractivity contribution is 14.1. The maximum Gasteiger partial charge on any atom is 0.190 e. The first-order valence-electron chi connectivity index (χ1n) is 25.2. The predicted octanol–water partition coefficient (Wildman–Crippen LogP) is 7.46. The summed E-state index contributed by atoms with van der Waals surface area (Å²) in [5, 5.41) is 0. The van der Waals surface area contributed by atoms with Gasteiger partial charge in [0.2, 0.25) is 0 Å². The van der Waals surface area contributed by atoms with Crippen LogP contribution in [-0.4, -0.2) is 145 Å². The minimum atomic E-state index is -1.30. The van der Waals surface area contributed by atoms with Crippen LogP contribution in [0.4, 0.5) is 0 Å². The molecule has 0 bridgehead atoms. The average Bonchev–Trinajstić information content (AvgIpc) is 4.06. The van der Waals surface area contributed by atoms with Crippen molar-refractivity contribution in [3.05, 3.63) is 108 Å². The summed E-state index contributed by atoms with van der Waals surface area (Å²) in [5.41, 5.74) is 2.94. The Balaban J connectivity index is 0.969. The van der Waals surface area contributed by atoms with Crippen molar-refractivity contribution < 1.29 is 80.5 Å². The van der Waals surface area contributed by atoms with Crippen molar-refractivity contribution in [1.29, 1.82) is 0 Å². The quantitative estimate of drug-likeness (QED) is 0.0662. The minimum absolute atomic E-state index is 0.00837. The number of hydrogen-bond donors (Lipinski definition) is 0. The molecule has 0 spiro atoms. The Kier molecular flexibility index (Phi) is 16.0. The number of fused-ring (bicyclic) bond motifs is 6. The summed E-state index contributed by atoms with van der Waals surface area (Å²) in [6, 6.07) is 30.0. The molecule has 10 rings (SSSR count). The van der Waals surface area contributed by atoms with Gasteiger partial charge in [-0.1, -0.05) is 114 Å². The summed E-state index contributed by atoms with van der Waals surface area (Å²) in [6.45, 7) is 17.8. The van der Waals surface area contributed by atoms with Crippen molar-refractivity contribution >= 4 is 22.6 Å². The molecule has 396 valence electrons. The molecule has 3 aromatic rings. The van der Waals surface area contributed by atoms with Gasteiger partial charge in [0.15, 0.2) is 47.8 Å². The van der Waals surface area contributed by atoms with E-state index < -0.39 is 121 Å². The van der Waals surface area contributed by atoms with E-state index in [9.17, 15) is 0 Å². The Bertz CT molecular complexity index is 2220. The van der Waals surface area contributed by atoms with Gasteiger partial charge in [-0.05, 0) is 79.0 Å². The Morgan fingerprint density at radius 3 is 1.38 bits per heavy atom. The fourth-order valence-electron chi connectivity index (χ4n) is 10.6. The number of alkyl halides is 1. The highest BCUT2D eigenvalue weighted by atomic mass is 127. The second-order valence-electron chi connectivity index (χ2n) is 21.5.